The highest BCUT2D eigenvalue weighted by molar-refractivity contribution is 7.07. The Morgan fingerprint density at radius 3 is 1.51 bits per heavy atom. The molecular weight excluding hydrogens is 524 g/mol. The van der Waals surface area contributed by atoms with Gasteiger partial charge in [-0.25, -0.2) is 0 Å². The number of halogens is 1. The van der Waals surface area contributed by atoms with Gasteiger partial charge in [0.25, 0.3) is 0 Å². The first-order valence-corrected chi connectivity index (χ1v) is 29.6. The molecule has 2 aromatic carbocycles. The molecular formula is C29H50ClSi5. The fraction of sp³-hybridized carbons (Fsp3) is 0.586. The molecule has 1 aliphatic heterocycles. The van der Waals surface area contributed by atoms with E-state index in [1.807, 2.05) is 0 Å². The topological polar surface area (TPSA) is 0 Å². The standard InChI is InChI=1S/C29H50ClSi5/c1-21-17-15-18-22(2)25(21)31-26-23(27(32(3,4)5)33(6,7)8)19-16-20-24(26)29(28(31)30,34(9,10)11)35(12,13)14/h15-20,27-28H,1-14H3. The molecule has 0 nitrogen and oxygen atoms in total. The second kappa shape index (κ2) is 9.23. The van der Waals surface area contributed by atoms with E-state index in [1.165, 1.54) is 11.1 Å². The molecule has 3 rings (SSSR count). The van der Waals surface area contributed by atoms with E-state index in [1.54, 1.807) is 21.5 Å². The number of hydrogen-bond acceptors (Lipinski definition) is 0. The van der Waals surface area contributed by atoms with Crippen LogP contribution in [0.3, 0.4) is 0 Å². The average Bonchev–Trinajstić information content (AvgIpc) is 2.89. The fourth-order valence-electron chi connectivity index (χ4n) is 8.34. The van der Waals surface area contributed by atoms with Gasteiger partial charge in [0.05, 0.1) is 16.1 Å². The normalized spacial score (nSPS) is 19.4. The lowest BCUT2D eigenvalue weighted by Gasteiger charge is -2.53. The monoisotopic (exact) mass is 573 g/mol. The molecule has 0 aliphatic carbocycles. The van der Waals surface area contributed by atoms with Gasteiger partial charge in [-0.2, -0.15) is 0 Å². The number of fused-ring (bicyclic) bond motifs is 1. The quantitative estimate of drug-likeness (QED) is 0.243. The highest BCUT2D eigenvalue weighted by Crippen LogP contribution is 2.52. The van der Waals surface area contributed by atoms with Crippen molar-refractivity contribution in [2.75, 3.05) is 0 Å². The summed E-state index contributed by atoms with van der Waals surface area (Å²) in [6.07, 6.45) is 0. The van der Waals surface area contributed by atoms with Gasteiger partial charge in [0, 0.05) is 21.1 Å². The lowest BCUT2D eigenvalue weighted by atomic mass is 10.1. The predicted molar refractivity (Wildman–Crippen MR) is 175 cm³/mol. The minimum atomic E-state index is -1.71. The molecule has 0 N–H and O–H groups in total. The van der Waals surface area contributed by atoms with E-state index in [4.69, 9.17) is 11.6 Å². The number of aryl methyl sites for hydroxylation is 2. The SMILES string of the molecule is Cc1cccc(C)c1[Si]1c2c(C([Si](C)(C)C)[Si](C)(C)C)cccc2C([Si](C)(C)C)([Si](C)(C)C)C1Cl. The summed E-state index contributed by atoms with van der Waals surface area (Å²) >= 11 is 8.06. The van der Waals surface area contributed by atoms with Crippen molar-refractivity contribution >= 4 is 63.1 Å². The number of hydrogen-bond donors (Lipinski definition) is 0. The van der Waals surface area contributed by atoms with Crippen LogP contribution in [-0.2, 0) is 4.66 Å². The molecule has 0 fully saturated rings. The number of alkyl halides is 1. The molecule has 0 aromatic heterocycles. The van der Waals surface area contributed by atoms with Crippen molar-refractivity contribution in [1.29, 1.82) is 0 Å². The van der Waals surface area contributed by atoms with Crippen molar-refractivity contribution in [1.82, 2.24) is 0 Å². The summed E-state index contributed by atoms with van der Waals surface area (Å²) in [5.41, 5.74) is 6.29. The molecule has 35 heavy (non-hydrogen) atoms. The van der Waals surface area contributed by atoms with Crippen LogP contribution in [0.1, 0.15) is 27.4 Å². The zero-order chi connectivity index (χ0) is 26.9. The van der Waals surface area contributed by atoms with Gasteiger partial charge in [0.1, 0.15) is 8.80 Å². The molecule has 0 amide bonds. The Balaban J connectivity index is 2.59. The third-order valence-electron chi connectivity index (χ3n) is 8.58. The minimum absolute atomic E-state index is 0.166. The Morgan fingerprint density at radius 2 is 1.11 bits per heavy atom. The Morgan fingerprint density at radius 1 is 0.686 bits per heavy atom. The Hall–Kier alpha value is -0.186. The molecule has 0 saturated heterocycles. The van der Waals surface area contributed by atoms with Gasteiger partial charge in [-0.15, -0.1) is 11.6 Å². The summed E-state index contributed by atoms with van der Waals surface area (Å²) in [6, 6.07) is 14.4. The third kappa shape index (κ3) is 4.65. The van der Waals surface area contributed by atoms with Crippen LogP contribution in [0, 0.1) is 13.8 Å². The van der Waals surface area contributed by atoms with Crippen LogP contribution < -0.4 is 10.4 Å². The van der Waals surface area contributed by atoms with Crippen LogP contribution in [0.5, 0.6) is 0 Å². The van der Waals surface area contributed by atoms with Crippen molar-refractivity contribution in [3.8, 4) is 0 Å². The van der Waals surface area contributed by atoms with Crippen LogP contribution in [-0.4, -0.2) is 46.1 Å². The fourth-order valence-corrected chi connectivity index (χ4v) is 43.8. The first kappa shape index (κ1) is 29.4. The summed E-state index contributed by atoms with van der Waals surface area (Å²) in [4.78, 5) is 0. The Labute approximate surface area is 227 Å². The van der Waals surface area contributed by atoms with Gasteiger partial charge in [0.15, 0.2) is 0 Å². The van der Waals surface area contributed by atoms with E-state index in [0.29, 0.717) is 0 Å². The van der Waals surface area contributed by atoms with Crippen LogP contribution in [0.2, 0.25) is 78.6 Å². The molecule has 6 heteroatoms. The van der Waals surface area contributed by atoms with Gasteiger partial charge in [0.2, 0.25) is 0 Å². The molecule has 193 valence electrons. The molecule has 2 aromatic rings. The maximum Gasteiger partial charge on any atom is 0.142 e. The van der Waals surface area contributed by atoms with Gasteiger partial charge in [-0.1, -0.05) is 132 Å². The van der Waals surface area contributed by atoms with Crippen molar-refractivity contribution in [3.05, 3.63) is 58.7 Å². The second-order valence-corrected chi connectivity index (χ2v) is 40.8. The lowest BCUT2D eigenvalue weighted by Crippen LogP contribution is -2.69. The predicted octanol–water partition coefficient (Wildman–Crippen LogP) is 7.90. The molecule has 1 heterocycles. The number of benzene rings is 2. The van der Waals surface area contributed by atoms with E-state index >= 15 is 0 Å². The third-order valence-corrected chi connectivity index (χ3v) is 33.5. The molecule has 1 radical (unpaired) electrons. The summed E-state index contributed by atoms with van der Waals surface area (Å²) < 4.78 is 0.166. The van der Waals surface area contributed by atoms with Crippen LogP contribution >= 0.6 is 11.6 Å². The van der Waals surface area contributed by atoms with Gasteiger partial charge < -0.3 is 0 Å². The molecule has 1 unspecified atom stereocenters. The molecule has 0 spiro atoms. The summed E-state index contributed by atoms with van der Waals surface area (Å²) in [7, 11) is -7.51. The van der Waals surface area contributed by atoms with Gasteiger partial charge in [-0.3, -0.25) is 0 Å². The molecule has 0 saturated carbocycles. The second-order valence-electron chi connectivity index (χ2n) is 15.3. The summed E-state index contributed by atoms with van der Waals surface area (Å²) in [5.74, 6) is 0. The van der Waals surface area contributed by atoms with Crippen molar-refractivity contribution in [2.45, 2.75) is 107 Å². The van der Waals surface area contributed by atoms with Crippen molar-refractivity contribution in [2.24, 2.45) is 0 Å². The van der Waals surface area contributed by atoms with E-state index in [-0.39, 0.29) is 9.66 Å². The van der Waals surface area contributed by atoms with E-state index in [0.717, 1.165) is 5.16 Å². The molecule has 1 atom stereocenters. The molecule has 0 bridgehead atoms. The van der Waals surface area contributed by atoms with Crippen LogP contribution in [0.4, 0.5) is 0 Å². The average molecular weight is 575 g/mol. The largest absolute Gasteiger partial charge is 0.142 e. The lowest BCUT2D eigenvalue weighted by molar-refractivity contribution is 0.845. The van der Waals surface area contributed by atoms with Crippen molar-refractivity contribution in [3.63, 3.8) is 0 Å². The van der Waals surface area contributed by atoms with Crippen LogP contribution in [0.25, 0.3) is 0 Å². The number of rotatable bonds is 6. The first-order valence-electron chi connectivity index (χ1n) is 13.4. The van der Waals surface area contributed by atoms with Crippen LogP contribution in [0.15, 0.2) is 36.4 Å². The zero-order valence-corrected chi connectivity index (χ0v) is 30.8. The highest BCUT2D eigenvalue weighted by atomic mass is 35.5. The smallest absolute Gasteiger partial charge is 0.126 e. The van der Waals surface area contributed by atoms with E-state index in [2.05, 4.69) is 129 Å². The zero-order valence-electron chi connectivity index (χ0n) is 25.0. The minimum Gasteiger partial charge on any atom is -0.126 e. The van der Waals surface area contributed by atoms with Gasteiger partial charge in [-0.05, 0) is 39.6 Å². The maximum absolute atomic E-state index is 8.06. The Kier molecular flexibility index (Phi) is 7.74. The highest BCUT2D eigenvalue weighted by Gasteiger charge is 2.65. The molecule has 1 aliphatic rings. The van der Waals surface area contributed by atoms with E-state index < -0.39 is 41.1 Å². The van der Waals surface area contributed by atoms with E-state index in [9.17, 15) is 0 Å². The summed E-state index contributed by atoms with van der Waals surface area (Å²) in [5, 5.41) is 4.30. The summed E-state index contributed by atoms with van der Waals surface area (Å²) in [6.45, 7) is 36.0. The Bertz CT molecular complexity index is 1050. The maximum atomic E-state index is 8.06. The first-order chi connectivity index (χ1) is 15.7. The van der Waals surface area contributed by atoms with Crippen molar-refractivity contribution < 1.29 is 0 Å². The van der Waals surface area contributed by atoms with Gasteiger partial charge >= 0.3 is 0 Å².